The molecule has 0 aliphatic rings. The lowest BCUT2D eigenvalue weighted by atomic mass is 10.2. The first-order chi connectivity index (χ1) is 15.6. The maximum absolute atomic E-state index is 8.99. The molecule has 0 radical (unpaired) electrons. The van der Waals surface area contributed by atoms with Crippen LogP contribution in [0.2, 0.25) is 0 Å². The third-order valence-corrected chi connectivity index (χ3v) is 4.59. The van der Waals surface area contributed by atoms with Gasteiger partial charge in [-0.25, -0.2) is 4.98 Å². The van der Waals surface area contributed by atoms with Crippen molar-refractivity contribution in [3.8, 4) is 29.1 Å². The van der Waals surface area contributed by atoms with Crippen LogP contribution in [0.25, 0.3) is 0 Å². The zero-order valence-corrected chi connectivity index (χ0v) is 18.7. The van der Waals surface area contributed by atoms with Crippen molar-refractivity contribution in [2.45, 2.75) is 13.1 Å². The van der Waals surface area contributed by atoms with Crippen LogP contribution in [0.3, 0.4) is 0 Å². The summed E-state index contributed by atoms with van der Waals surface area (Å²) < 4.78 is 20.6. The number of nitriles is 1. The first-order valence-corrected chi connectivity index (χ1v) is 9.81. The van der Waals surface area contributed by atoms with Crippen LogP contribution in [0.15, 0.2) is 54.7 Å². The van der Waals surface area contributed by atoms with Gasteiger partial charge < -0.3 is 30.0 Å². The molecule has 2 aromatic carbocycles. The zero-order chi connectivity index (χ0) is 23.3. The van der Waals surface area contributed by atoms with Crippen LogP contribution >= 0.6 is 0 Å². The van der Waals surface area contributed by atoms with Gasteiger partial charge in [-0.3, -0.25) is 0 Å². The summed E-state index contributed by atoms with van der Waals surface area (Å²) in [5.41, 5.74) is 8.53. The van der Waals surface area contributed by atoms with E-state index in [2.05, 4.69) is 16.4 Å². The topological polar surface area (TPSA) is 112 Å². The second kappa shape index (κ2) is 12.7. The maximum Gasteiger partial charge on any atom is 0.163 e. The quantitative estimate of drug-likeness (QED) is 0.549. The molecule has 0 bridgehead atoms. The van der Waals surface area contributed by atoms with E-state index in [0.29, 0.717) is 24.5 Å². The largest absolute Gasteiger partial charge is 0.497 e. The fourth-order valence-corrected chi connectivity index (χ4v) is 2.85. The second-order valence-corrected chi connectivity index (χ2v) is 6.42. The molecule has 8 heteroatoms. The zero-order valence-electron chi connectivity index (χ0n) is 18.7. The smallest absolute Gasteiger partial charge is 0.163 e. The van der Waals surface area contributed by atoms with Gasteiger partial charge in [0.2, 0.25) is 0 Å². The van der Waals surface area contributed by atoms with E-state index < -0.39 is 0 Å². The number of ether oxygens (including phenoxy) is 4. The fourth-order valence-electron chi connectivity index (χ4n) is 2.85. The summed E-state index contributed by atoms with van der Waals surface area (Å²) in [6.45, 7) is 1.01. The highest BCUT2D eigenvalue weighted by atomic mass is 16.5. The van der Waals surface area contributed by atoms with Crippen molar-refractivity contribution < 1.29 is 18.9 Å². The number of hydrogen-bond donors (Lipinski definition) is 2. The van der Waals surface area contributed by atoms with Crippen LogP contribution in [0.5, 0.6) is 23.0 Å². The number of anilines is 1. The number of aromatic nitrogens is 1. The number of nitrogens with zero attached hydrogens (tertiary/aromatic N) is 2. The molecule has 8 nitrogen and oxygen atoms in total. The van der Waals surface area contributed by atoms with E-state index in [1.807, 2.05) is 42.5 Å². The summed E-state index contributed by atoms with van der Waals surface area (Å²) in [6, 6.07) is 16.9. The molecule has 168 valence electrons. The molecule has 1 aromatic heterocycles. The molecule has 0 spiro atoms. The van der Waals surface area contributed by atoms with Crippen molar-refractivity contribution >= 4 is 5.69 Å². The van der Waals surface area contributed by atoms with Crippen molar-refractivity contribution in [1.29, 1.82) is 5.26 Å². The average molecular weight is 437 g/mol. The standard InChI is InChI=1S/C15H15N3O2.C9H13NO2/c1-19-12-6-5-11(15(8-12)20-2)10-18-13-4-3-7-17-14(13)9-16;1-11-8-4-3-7(6-10)9(5-8)12-2/h3-8,18H,10H2,1-2H3;3-5H,6,10H2,1-2H3. The van der Waals surface area contributed by atoms with Crippen LogP contribution in [0, 0.1) is 11.3 Å². The third-order valence-electron chi connectivity index (χ3n) is 4.59. The molecule has 3 aromatic rings. The lowest BCUT2D eigenvalue weighted by Crippen LogP contribution is -2.04. The van der Waals surface area contributed by atoms with Gasteiger partial charge in [0.25, 0.3) is 0 Å². The van der Waals surface area contributed by atoms with Crippen LogP contribution < -0.4 is 30.0 Å². The molecular formula is C24H28N4O4. The number of nitrogens with one attached hydrogen (secondary N) is 1. The highest BCUT2D eigenvalue weighted by molar-refractivity contribution is 5.54. The van der Waals surface area contributed by atoms with Crippen LogP contribution in [-0.4, -0.2) is 33.4 Å². The van der Waals surface area contributed by atoms with Crippen molar-refractivity contribution in [3.05, 3.63) is 71.5 Å². The van der Waals surface area contributed by atoms with Gasteiger partial charge in [-0.2, -0.15) is 5.26 Å². The Morgan fingerprint density at radius 3 is 2.00 bits per heavy atom. The summed E-state index contributed by atoms with van der Waals surface area (Å²) in [6.07, 6.45) is 1.59. The average Bonchev–Trinajstić information content (AvgIpc) is 2.87. The Morgan fingerprint density at radius 2 is 1.47 bits per heavy atom. The molecule has 1 heterocycles. The van der Waals surface area contributed by atoms with Gasteiger partial charge in [-0.1, -0.05) is 6.07 Å². The van der Waals surface area contributed by atoms with E-state index in [0.717, 1.165) is 34.1 Å². The molecule has 3 N–H and O–H groups in total. The Balaban J connectivity index is 0.000000258. The Bertz CT molecular complexity index is 1050. The summed E-state index contributed by atoms with van der Waals surface area (Å²) in [7, 11) is 6.47. The molecule has 3 rings (SSSR count). The van der Waals surface area contributed by atoms with Gasteiger partial charge in [-0.15, -0.1) is 0 Å². The van der Waals surface area contributed by atoms with E-state index >= 15 is 0 Å². The van der Waals surface area contributed by atoms with Crippen molar-refractivity contribution in [3.63, 3.8) is 0 Å². The first-order valence-electron chi connectivity index (χ1n) is 9.81. The van der Waals surface area contributed by atoms with Crippen molar-refractivity contribution in [2.24, 2.45) is 5.73 Å². The SMILES string of the molecule is COc1ccc(CN)c(OC)c1.COc1ccc(CNc2cccnc2C#N)c(OC)c1. The minimum absolute atomic E-state index is 0.375. The van der Waals surface area contributed by atoms with Gasteiger partial charge in [-0.05, 0) is 30.3 Å². The molecule has 0 aliphatic carbocycles. The third kappa shape index (κ3) is 6.52. The van der Waals surface area contributed by atoms with E-state index in [9.17, 15) is 0 Å². The normalized spacial score (nSPS) is 9.62. The second-order valence-electron chi connectivity index (χ2n) is 6.42. The monoisotopic (exact) mass is 436 g/mol. The number of benzene rings is 2. The van der Waals surface area contributed by atoms with Gasteiger partial charge >= 0.3 is 0 Å². The van der Waals surface area contributed by atoms with Gasteiger partial charge in [0.15, 0.2) is 5.69 Å². The molecule has 0 amide bonds. The molecule has 0 saturated carbocycles. The van der Waals surface area contributed by atoms with E-state index in [1.54, 1.807) is 40.7 Å². The Hall–Kier alpha value is -3.96. The van der Waals surface area contributed by atoms with Crippen LogP contribution in [-0.2, 0) is 13.1 Å². The highest BCUT2D eigenvalue weighted by Crippen LogP contribution is 2.26. The minimum atomic E-state index is 0.375. The van der Waals surface area contributed by atoms with Gasteiger partial charge in [0.05, 0.1) is 34.1 Å². The Kier molecular flexibility index (Phi) is 9.63. The van der Waals surface area contributed by atoms with Crippen LogP contribution in [0.4, 0.5) is 5.69 Å². The minimum Gasteiger partial charge on any atom is -0.497 e. The number of nitrogens with two attached hydrogens (primary N) is 1. The molecule has 0 saturated heterocycles. The van der Waals surface area contributed by atoms with E-state index in [4.69, 9.17) is 29.9 Å². The molecule has 0 aliphatic heterocycles. The number of rotatable bonds is 8. The maximum atomic E-state index is 8.99. The Labute approximate surface area is 188 Å². The van der Waals surface area contributed by atoms with Crippen LogP contribution in [0.1, 0.15) is 16.8 Å². The number of pyridine rings is 1. The lowest BCUT2D eigenvalue weighted by molar-refractivity contribution is 0.391. The Morgan fingerprint density at radius 1 is 0.875 bits per heavy atom. The first kappa shape index (κ1) is 24.3. The van der Waals surface area contributed by atoms with Gasteiger partial charge in [0.1, 0.15) is 29.1 Å². The number of methoxy groups -OCH3 is 4. The predicted octanol–water partition coefficient (Wildman–Crippen LogP) is 3.75. The molecule has 0 unspecified atom stereocenters. The molecule has 0 atom stereocenters. The lowest BCUT2D eigenvalue weighted by Gasteiger charge is -2.12. The predicted molar refractivity (Wildman–Crippen MR) is 123 cm³/mol. The molecular weight excluding hydrogens is 408 g/mol. The van der Waals surface area contributed by atoms with Crippen molar-refractivity contribution in [2.75, 3.05) is 33.8 Å². The van der Waals surface area contributed by atoms with Crippen molar-refractivity contribution in [1.82, 2.24) is 4.98 Å². The summed E-state index contributed by atoms with van der Waals surface area (Å²) >= 11 is 0. The van der Waals surface area contributed by atoms with E-state index in [-0.39, 0.29) is 0 Å². The molecule has 32 heavy (non-hydrogen) atoms. The van der Waals surface area contributed by atoms with E-state index in [1.165, 1.54) is 0 Å². The number of hydrogen-bond acceptors (Lipinski definition) is 8. The summed E-state index contributed by atoms with van der Waals surface area (Å²) in [5, 5.41) is 12.2. The highest BCUT2D eigenvalue weighted by Gasteiger charge is 2.07. The summed E-state index contributed by atoms with van der Waals surface area (Å²) in [5.74, 6) is 3.03. The fraction of sp³-hybridized carbons (Fsp3) is 0.250. The summed E-state index contributed by atoms with van der Waals surface area (Å²) in [4.78, 5) is 4.00. The van der Waals surface area contributed by atoms with Gasteiger partial charge in [0, 0.05) is 42.5 Å². The molecule has 0 fully saturated rings.